The normalized spacial score (nSPS) is 13.8. The van der Waals surface area contributed by atoms with E-state index in [1.807, 2.05) is 0 Å². The third-order valence-corrected chi connectivity index (χ3v) is 11.0. The van der Waals surface area contributed by atoms with Gasteiger partial charge in [0.25, 0.3) is 0 Å². The molecule has 2 nitrogen and oxygen atoms in total. The summed E-state index contributed by atoms with van der Waals surface area (Å²) in [5.74, 6) is 1.22. The maximum absolute atomic E-state index is 6.17. The first kappa shape index (κ1) is 20.7. The Morgan fingerprint density at radius 1 is 0.900 bits per heavy atom. The monoisotopic (exact) mass is 336 g/mol. The molecule has 122 valence electrons. The molecular weight excluding hydrogens is 300 g/mol. The van der Waals surface area contributed by atoms with E-state index in [0.29, 0.717) is 5.41 Å². The van der Waals surface area contributed by atoms with E-state index < -0.39 is 15.8 Å². The fraction of sp³-hybridized carbons (Fsp3) is 1.00. The van der Waals surface area contributed by atoms with Gasteiger partial charge >= 0.3 is 8.56 Å². The summed E-state index contributed by atoms with van der Waals surface area (Å²) in [5, 5.41) is 0. The van der Waals surface area contributed by atoms with Crippen LogP contribution in [0.3, 0.4) is 0 Å². The molecule has 0 saturated carbocycles. The molecule has 0 aliphatic carbocycles. The lowest BCUT2D eigenvalue weighted by Gasteiger charge is -2.36. The van der Waals surface area contributed by atoms with Gasteiger partial charge in [0.05, 0.1) is 0 Å². The molecule has 0 heterocycles. The molecule has 0 unspecified atom stereocenters. The van der Waals surface area contributed by atoms with Crippen LogP contribution < -0.4 is 0 Å². The van der Waals surface area contributed by atoms with Crippen LogP contribution in [0.5, 0.6) is 0 Å². The summed E-state index contributed by atoms with van der Waals surface area (Å²) in [7, 11) is -3.06. The SMILES string of the molecule is CCCO[Si](C)(CC(C)(C)CS[Si](C)(C)C)OCCC. The van der Waals surface area contributed by atoms with Gasteiger partial charge in [-0.05, 0) is 36.6 Å². The average Bonchev–Trinajstić information content (AvgIpc) is 2.31. The van der Waals surface area contributed by atoms with Gasteiger partial charge in [0.2, 0.25) is 0 Å². The highest BCUT2D eigenvalue weighted by Crippen LogP contribution is 2.36. The van der Waals surface area contributed by atoms with Crippen LogP contribution in [-0.4, -0.2) is 34.8 Å². The van der Waals surface area contributed by atoms with Gasteiger partial charge in [-0.3, -0.25) is 0 Å². The summed E-state index contributed by atoms with van der Waals surface area (Å²) in [4.78, 5) is 0. The van der Waals surface area contributed by atoms with Crippen LogP contribution in [0.4, 0.5) is 0 Å². The van der Waals surface area contributed by atoms with Crippen LogP contribution >= 0.6 is 11.2 Å². The summed E-state index contributed by atoms with van der Waals surface area (Å²) < 4.78 is 12.3. The molecule has 0 aromatic carbocycles. The summed E-state index contributed by atoms with van der Waals surface area (Å²) >= 11 is 2.18. The predicted octanol–water partition coefficient (Wildman–Crippen LogP) is 5.51. The Morgan fingerprint density at radius 2 is 1.35 bits per heavy atom. The Labute approximate surface area is 133 Å². The van der Waals surface area contributed by atoms with Gasteiger partial charge < -0.3 is 8.85 Å². The van der Waals surface area contributed by atoms with E-state index in [2.05, 4.69) is 65.1 Å². The van der Waals surface area contributed by atoms with Gasteiger partial charge in [-0.1, -0.05) is 47.3 Å². The highest BCUT2D eigenvalue weighted by atomic mass is 32.4. The molecule has 0 saturated heterocycles. The van der Waals surface area contributed by atoms with E-state index in [9.17, 15) is 0 Å². The molecular formula is C15H36O2SSi2. The molecule has 20 heavy (non-hydrogen) atoms. The molecule has 0 radical (unpaired) electrons. The van der Waals surface area contributed by atoms with Crippen LogP contribution in [-0.2, 0) is 8.85 Å². The quantitative estimate of drug-likeness (QED) is 0.464. The maximum atomic E-state index is 6.17. The summed E-state index contributed by atoms with van der Waals surface area (Å²) in [6.07, 6.45) is 2.14. The Bertz CT molecular complexity index is 257. The lowest BCUT2D eigenvalue weighted by Crippen LogP contribution is -2.44. The van der Waals surface area contributed by atoms with Crippen molar-refractivity contribution in [3.05, 3.63) is 0 Å². The minimum Gasteiger partial charge on any atom is -0.394 e. The number of hydrogen-bond donors (Lipinski definition) is 0. The molecule has 5 heteroatoms. The van der Waals surface area contributed by atoms with E-state index >= 15 is 0 Å². The summed E-state index contributed by atoms with van der Waals surface area (Å²) in [6, 6.07) is 1.09. The smallest absolute Gasteiger partial charge is 0.335 e. The number of hydrogen-bond acceptors (Lipinski definition) is 3. The van der Waals surface area contributed by atoms with E-state index in [1.54, 1.807) is 0 Å². The van der Waals surface area contributed by atoms with Crippen LogP contribution in [0.2, 0.25) is 32.2 Å². The van der Waals surface area contributed by atoms with Gasteiger partial charge in [0.15, 0.2) is 0 Å². The average molecular weight is 337 g/mol. The third kappa shape index (κ3) is 10.4. The molecule has 0 aliphatic heterocycles. The van der Waals surface area contributed by atoms with Crippen molar-refractivity contribution >= 4 is 27.0 Å². The second kappa shape index (κ2) is 8.98. The van der Waals surface area contributed by atoms with Crippen molar-refractivity contribution in [1.82, 2.24) is 0 Å². The zero-order chi connectivity index (χ0) is 15.9. The maximum Gasteiger partial charge on any atom is 0.335 e. The Balaban J connectivity index is 4.59. The standard InChI is InChI=1S/C15H36O2SSi2/c1-9-11-16-20(8,17-12-10-2)14-15(3,4)13-18-19(5,6)7/h9-14H2,1-8H3. The van der Waals surface area contributed by atoms with Gasteiger partial charge in [-0.2, -0.15) is 11.2 Å². The zero-order valence-electron chi connectivity index (χ0n) is 15.0. The zero-order valence-corrected chi connectivity index (χ0v) is 17.8. The lowest BCUT2D eigenvalue weighted by molar-refractivity contribution is 0.163. The van der Waals surface area contributed by atoms with E-state index in [-0.39, 0.29) is 0 Å². The van der Waals surface area contributed by atoms with Gasteiger partial charge in [-0.25, -0.2) is 0 Å². The minimum atomic E-state index is -2.02. The van der Waals surface area contributed by atoms with Crippen LogP contribution in [0.15, 0.2) is 0 Å². The van der Waals surface area contributed by atoms with Crippen molar-refractivity contribution < 1.29 is 8.85 Å². The predicted molar refractivity (Wildman–Crippen MR) is 98.5 cm³/mol. The second-order valence-electron chi connectivity index (χ2n) is 7.57. The molecule has 0 aromatic heterocycles. The highest BCUT2D eigenvalue weighted by molar-refractivity contribution is 8.28. The van der Waals surface area contributed by atoms with Gasteiger partial charge in [0, 0.05) is 13.2 Å². The fourth-order valence-electron chi connectivity index (χ4n) is 2.11. The molecule has 0 fully saturated rings. The van der Waals surface area contributed by atoms with Crippen molar-refractivity contribution in [3.8, 4) is 0 Å². The van der Waals surface area contributed by atoms with E-state index in [1.165, 1.54) is 5.75 Å². The third-order valence-electron chi connectivity index (χ3n) is 2.92. The van der Waals surface area contributed by atoms with E-state index in [4.69, 9.17) is 8.85 Å². The van der Waals surface area contributed by atoms with Crippen LogP contribution in [0.25, 0.3) is 0 Å². The first-order valence-electron chi connectivity index (χ1n) is 7.95. The second-order valence-corrected chi connectivity index (χ2v) is 20.1. The first-order valence-corrected chi connectivity index (χ1v) is 15.7. The Hall–Kier alpha value is 0.704. The largest absolute Gasteiger partial charge is 0.394 e. The van der Waals surface area contributed by atoms with Crippen molar-refractivity contribution in [3.63, 3.8) is 0 Å². The fourth-order valence-corrected chi connectivity index (χ4v) is 9.11. The molecule has 0 aromatic rings. The molecule has 0 bridgehead atoms. The van der Waals surface area contributed by atoms with E-state index in [0.717, 1.165) is 32.1 Å². The van der Waals surface area contributed by atoms with Gasteiger partial charge in [-0.15, -0.1) is 0 Å². The molecule has 0 atom stereocenters. The first-order chi connectivity index (χ1) is 9.04. The minimum absolute atomic E-state index is 0.299. The molecule has 0 N–H and O–H groups in total. The molecule has 0 aliphatic rings. The van der Waals surface area contributed by atoms with Crippen molar-refractivity contribution in [2.45, 2.75) is 72.8 Å². The Kier molecular flexibility index (Phi) is 9.30. The van der Waals surface area contributed by atoms with Crippen molar-refractivity contribution in [1.29, 1.82) is 0 Å². The van der Waals surface area contributed by atoms with Crippen molar-refractivity contribution in [2.24, 2.45) is 5.41 Å². The molecule has 0 spiro atoms. The van der Waals surface area contributed by atoms with Gasteiger partial charge in [0.1, 0.15) is 7.22 Å². The summed E-state index contributed by atoms with van der Waals surface area (Å²) in [5.41, 5.74) is 0.299. The lowest BCUT2D eigenvalue weighted by atomic mass is 10.00. The highest BCUT2D eigenvalue weighted by Gasteiger charge is 2.38. The van der Waals surface area contributed by atoms with Crippen LogP contribution in [0, 0.1) is 5.41 Å². The van der Waals surface area contributed by atoms with Crippen molar-refractivity contribution in [2.75, 3.05) is 19.0 Å². The molecule has 0 amide bonds. The topological polar surface area (TPSA) is 18.5 Å². The van der Waals surface area contributed by atoms with Crippen LogP contribution in [0.1, 0.15) is 40.5 Å². The Morgan fingerprint density at radius 3 is 1.70 bits per heavy atom. The number of rotatable bonds is 11. The summed E-state index contributed by atoms with van der Waals surface area (Å²) in [6.45, 7) is 20.3. The molecule has 0 rings (SSSR count).